The molecule has 2 N–H and O–H groups in total. The van der Waals surface area contributed by atoms with Crippen LogP contribution in [0.1, 0.15) is 30.1 Å². The summed E-state index contributed by atoms with van der Waals surface area (Å²) in [5, 5.41) is 6.35. The number of rotatable bonds is 3. The lowest BCUT2D eigenvalue weighted by Gasteiger charge is -2.34. The zero-order valence-corrected chi connectivity index (χ0v) is 10.2. The molecule has 0 aliphatic carbocycles. The molecule has 0 radical (unpaired) electrons. The van der Waals surface area contributed by atoms with Crippen molar-refractivity contribution in [1.29, 1.82) is 0 Å². The van der Waals surface area contributed by atoms with Crippen molar-refractivity contribution in [2.75, 3.05) is 19.6 Å². The van der Waals surface area contributed by atoms with Gasteiger partial charge in [-0.15, -0.1) is 0 Å². The van der Waals surface area contributed by atoms with Gasteiger partial charge >= 0.3 is 0 Å². The minimum atomic E-state index is -0.00726. The molecule has 1 aliphatic rings. The first kappa shape index (κ1) is 12.0. The number of nitrogens with zero attached hydrogens (tertiary/aromatic N) is 1. The zero-order valence-electron chi connectivity index (χ0n) is 10.2. The van der Waals surface area contributed by atoms with Crippen LogP contribution in [0.15, 0.2) is 24.5 Å². The Morgan fingerprint density at radius 1 is 1.41 bits per heavy atom. The molecule has 0 bridgehead atoms. The molecule has 4 nitrogen and oxygen atoms in total. The van der Waals surface area contributed by atoms with Gasteiger partial charge < -0.3 is 10.6 Å². The van der Waals surface area contributed by atoms with Crippen LogP contribution in [-0.2, 0) is 0 Å². The van der Waals surface area contributed by atoms with Crippen LogP contribution >= 0.6 is 0 Å². The number of hydrogen-bond acceptors (Lipinski definition) is 3. The highest BCUT2D eigenvalue weighted by atomic mass is 16.1. The molecule has 2 rings (SSSR count). The van der Waals surface area contributed by atoms with Crippen LogP contribution in [0.3, 0.4) is 0 Å². The Morgan fingerprint density at radius 2 is 2.06 bits per heavy atom. The first-order chi connectivity index (χ1) is 8.20. The second-order valence-corrected chi connectivity index (χ2v) is 4.98. The molecule has 4 heteroatoms. The summed E-state index contributed by atoms with van der Waals surface area (Å²) in [4.78, 5) is 15.8. The summed E-state index contributed by atoms with van der Waals surface area (Å²) >= 11 is 0. The van der Waals surface area contributed by atoms with E-state index in [1.165, 1.54) is 0 Å². The number of hydrogen-bond donors (Lipinski definition) is 2. The van der Waals surface area contributed by atoms with Crippen molar-refractivity contribution in [3.05, 3.63) is 30.1 Å². The Kier molecular flexibility index (Phi) is 3.74. The molecule has 0 unspecified atom stereocenters. The van der Waals surface area contributed by atoms with E-state index in [1.54, 1.807) is 24.5 Å². The average molecular weight is 233 g/mol. The summed E-state index contributed by atoms with van der Waals surface area (Å²) in [6.07, 6.45) is 5.51. The highest BCUT2D eigenvalue weighted by Crippen LogP contribution is 2.26. The molecular formula is C13H19N3O. The smallest absolute Gasteiger partial charge is 0.251 e. The van der Waals surface area contributed by atoms with Gasteiger partial charge in [0.25, 0.3) is 5.91 Å². The molecule has 1 aromatic heterocycles. The number of pyridine rings is 1. The Labute approximate surface area is 102 Å². The van der Waals surface area contributed by atoms with E-state index in [4.69, 9.17) is 0 Å². The number of piperidine rings is 1. The van der Waals surface area contributed by atoms with Crippen molar-refractivity contribution < 1.29 is 4.79 Å². The van der Waals surface area contributed by atoms with Crippen LogP contribution in [0, 0.1) is 5.41 Å². The quantitative estimate of drug-likeness (QED) is 0.825. The second-order valence-electron chi connectivity index (χ2n) is 4.98. The van der Waals surface area contributed by atoms with Gasteiger partial charge in [0.2, 0.25) is 0 Å². The Balaban J connectivity index is 1.87. The first-order valence-electron chi connectivity index (χ1n) is 6.09. The summed E-state index contributed by atoms with van der Waals surface area (Å²) in [6.45, 7) is 5.07. The van der Waals surface area contributed by atoms with E-state index in [9.17, 15) is 4.79 Å². The third kappa shape index (κ3) is 3.27. The highest BCUT2D eigenvalue weighted by Gasteiger charge is 2.27. The van der Waals surface area contributed by atoms with Gasteiger partial charge in [-0.2, -0.15) is 0 Å². The van der Waals surface area contributed by atoms with Gasteiger partial charge in [-0.25, -0.2) is 0 Å². The van der Waals surface area contributed by atoms with Crippen LogP contribution < -0.4 is 10.6 Å². The maximum atomic E-state index is 11.9. The molecule has 2 heterocycles. The normalized spacial score (nSPS) is 18.6. The van der Waals surface area contributed by atoms with Crippen molar-refractivity contribution in [2.24, 2.45) is 5.41 Å². The number of carbonyl (C=O) groups excluding carboxylic acids is 1. The fourth-order valence-corrected chi connectivity index (χ4v) is 2.11. The van der Waals surface area contributed by atoms with Gasteiger partial charge in [-0.1, -0.05) is 6.92 Å². The van der Waals surface area contributed by atoms with Gasteiger partial charge in [0.15, 0.2) is 0 Å². The Morgan fingerprint density at radius 3 is 2.71 bits per heavy atom. The highest BCUT2D eigenvalue weighted by molar-refractivity contribution is 5.93. The molecule has 1 aromatic rings. The minimum Gasteiger partial charge on any atom is -0.351 e. The van der Waals surface area contributed by atoms with Gasteiger partial charge in [0.05, 0.1) is 0 Å². The number of aromatic nitrogens is 1. The average Bonchev–Trinajstić information content (AvgIpc) is 2.38. The van der Waals surface area contributed by atoms with E-state index in [-0.39, 0.29) is 11.3 Å². The lowest BCUT2D eigenvalue weighted by atomic mass is 9.81. The van der Waals surface area contributed by atoms with Crippen molar-refractivity contribution in [3.63, 3.8) is 0 Å². The SMILES string of the molecule is CC1(CNC(=O)c2ccncc2)CCNCC1. The monoisotopic (exact) mass is 233 g/mol. The molecular weight excluding hydrogens is 214 g/mol. The van der Waals surface area contributed by atoms with Crippen molar-refractivity contribution >= 4 is 5.91 Å². The standard InChI is InChI=1S/C13H19N3O/c1-13(4-8-15-9-5-13)10-16-12(17)11-2-6-14-7-3-11/h2-3,6-7,15H,4-5,8-10H2,1H3,(H,16,17). The predicted octanol–water partition coefficient (Wildman–Crippen LogP) is 1.20. The molecule has 1 aliphatic heterocycles. The maximum absolute atomic E-state index is 11.9. The van der Waals surface area contributed by atoms with Crippen LogP contribution in [0.4, 0.5) is 0 Å². The summed E-state index contributed by atoms with van der Waals surface area (Å²) in [5.41, 5.74) is 0.908. The van der Waals surface area contributed by atoms with Crippen molar-refractivity contribution in [1.82, 2.24) is 15.6 Å². The first-order valence-corrected chi connectivity index (χ1v) is 6.09. The molecule has 0 atom stereocenters. The Bertz CT molecular complexity index is 372. The zero-order chi connectivity index (χ0) is 12.1. The largest absolute Gasteiger partial charge is 0.351 e. The van der Waals surface area contributed by atoms with Crippen LogP contribution in [0.25, 0.3) is 0 Å². The summed E-state index contributed by atoms with van der Waals surface area (Å²) in [6, 6.07) is 3.47. The van der Waals surface area contributed by atoms with Gasteiger partial charge in [0, 0.05) is 24.5 Å². The fourth-order valence-electron chi connectivity index (χ4n) is 2.11. The van der Waals surface area contributed by atoms with E-state index >= 15 is 0 Å². The predicted molar refractivity (Wildman–Crippen MR) is 66.8 cm³/mol. The van der Waals surface area contributed by atoms with Gasteiger partial charge in [0.1, 0.15) is 0 Å². The molecule has 1 saturated heterocycles. The van der Waals surface area contributed by atoms with E-state index < -0.39 is 0 Å². The lowest BCUT2D eigenvalue weighted by Crippen LogP contribution is -2.42. The lowest BCUT2D eigenvalue weighted by molar-refractivity contribution is 0.0922. The van der Waals surface area contributed by atoms with E-state index in [2.05, 4.69) is 22.5 Å². The molecule has 92 valence electrons. The van der Waals surface area contributed by atoms with E-state index in [0.717, 1.165) is 32.5 Å². The number of nitrogens with one attached hydrogen (secondary N) is 2. The van der Waals surface area contributed by atoms with Crippen LogP contribution in [-0.4, -0.2) is 30.5 Å². The molecule has 17 heavy (non-hydrogen) atoms. The second kappa shape index (κ2) is 5.27. The van der Waals surface area contributed by atoms with Crippen molar-refractivity contribution in [2.45, 2.75) is 19.8 Å². The summed E-state index contributed by atoms with van der Waals surface area (Å²) in [5.74, 6) is -0.00726. The minimum absolute atomic E-state index is 0.00726. The molecule has 0 spiro atoms. The van der Waals surface area contributed by atoms with Crippen LogP contribution in [0.2, 0.25) is 0 Å². The number of carbonyl (C=O) groups is 1. The van der Waals surface area contributed by atoms with Crippen molar-refractivity contribution in [3.8, 4) is 0 Å². The fraction of sp³-hybridized carbons (Fsp3) is 0.538. The summed E-state index contributed by atoms with van der Waals surface area (Å²) < 4.78 is 0. The van der Waals surface area contributed by atoms with Crippen LogP contribution in [0.5, 0.6) is 0 Å². The molecule has 1 fully saturated rings. The van der Waals surface area contributed by atoms with Gasteiger partial charge in [-0.05, 0) is 43.5 Å². The summed E-state index contributed by atoms with van der Waals surface area (Å²) in [7, 11) is 0. The third-order valence-electron chi connectivity index (χ3n) is 3.43. The molecule has 0 saturated carbocycles. The number of amides is 1. The molecule has 0 aromatic carbocycles. The van der Waals surface area contributed by atoms with E-state index in [0.29, 0.717) is 5.56 Å². The Hall–Kier alpha value is -1.42. The van der Waals surface area contributed by atoms with E-state index in [1.807, 2.05) is 0 Å². The molecule has 1 amide bonds. The maximum Gasteiger partial charge on any atom is 0.251 e. The van der Waals surface area contributed by atoms with Gasteiger partial charge in [-0.3, -0.25) is 9.78 Å². The third-order valence-corrected chi connectivity index (χ3v) is 3.43. The topological polar surface area (TPSA) is 54.0 Å².